The Morgan fingerprint density at radius 1 is 1.24 bits per heavy atom. The van der Waals surface area contributed by atoms with Crippen molar-refractivity contribution >= 4 is 59.6 Å². The number of nitrogens with one attached hydrogen (secondary N) is 1. The number of pyridine rings is 1. The van der Waals surface area contributed by atoms with Crippen LogP contribution in [0.1, 0.15) is 19.7 Å². The fraction of sp³-hybridized carbons (Fsp3) is 0.294. The van der Waals surface area contributed by atoms with Crippen LogP contribution in [0.2, 0.25) is 0 Å². The SMILES string of the molecule is COc1ccc2nc([S@@](=O)Cc3ncc(C)c(OC)c3C)[nH]c2c1.[Ca+2].[H-].[H-]. The summed E-state index contributed by atoms with van der Waals surface area (Å²) in [5.74, 6) is 1.79. The Labute approximate surface area is 181 Å². The van der Waals surface area contributed by atoms with Crippen LogP contribution in [0, 0.1) is 13.8 Å². The molecule has 0 saturated heterocycles. The zero-order valence-corrected chi connectivity index (χ0v) is 17.8. The van der Waals surface area contributed by atoms with Crippen molar-refractivity contribution < 1.29 is 16.5 Å². The van der Waals surface area contributed by atoms with Gasteiger partial charge < -0.3 is 17.3 Å². The summed E-state index contributed by atoms with van der Waals surface area (Å²) in [5, 5.41) is 0.430. The van der Waals surface area contributed by atoms with E-state index in [2.05, 4.69) is 15.0 Å². The van der Waals surface area contributed by atoms with Gasteiger partial charge in [-0.2, -0.15) is 0 Å². The van der Waals surface area contributed by atoms with E-state index >= 15 is 0 Å². The van der Waals surface area contributed by atoms with Crippen LogP contribution in [-0.2, 0) is 16.6 Å². The summed E-state index contributed by atoms with van der Waals surface area (Å²) in [5.41, 5.74) is 4.16. The van der Waals surface area contributed by atoms with E-state index in [1.54, 1.807) is 20.4 Å². The number of fused-ring (bicyclic) bond motifs is 1. The first kappa shape index (κ1) is 20.2. The van der Waals surface area contributed by atoms with E-state index in [1.165, 1.54) is 0 Å². The van der Waals surface area contributed by atoms with Gasteiger partial charge in [0.1, 0.15) is 11.5 Å². The van der Waals surface area contributed by atoms with E-state index in [4.69, 9.17) is 9.47 Å². The molecule has 0 aliphatic heterocycles. The fourth-order valence-corrected chi connectivity index (χ4v) is 3.71. The van der Waals surface area contributed by atoms with Crippen molar-refractivity contribution in [1.82, 2.24) is 15.0 Å². The largest absolute Gasteiger partial charge is 2.00 e. The van der Waals surface area contributed by atoms with Gasteiger partial charge in [-0.25, -0.2) is 4.98 Å². The van der Waals surface area contributed by atoms with Gasteiger partial charge in [0.25, 0.3) is 0 Å². The standard InChI is InChI=1S/C17H19N3O3S.Ca.2H/c1-10-8-18-15(11(2)16(10)23-4)9-24(21)17-19-13-6-5-12(22-3)7-14(13)20-17;;;/h5-8H,9H2,1-4H3,(H,19,20);;;/q;+2;2*-1/t24-;;;/m0.../s1. The molecule has 0 aliphatic carbocycles. The summed E-state index contributed by atoms with van der Waals surface area (Å²) in [4.78, 5) is 11.9. The van der Waals surface area contributed by atoms with Gasteiger partial charge in [0, 0.05) is 23.4 Å². The number of benzene rings is 1. The zero-order chi connectivity index (χ0) is 17.3. The molecule has 0 saturated carbocycles. The topological polar surface area (TPSA) is 77.1 Å². The minimum absolute atomic E-state index is 0. The van der Waals surface area contributed by atoms with Gasteiger partial charge in [-0.05, 0) is 26.0 Å². The van der Waals surface area contributed by atoms with E-state index in [0.29, 0.717) is 5.16 Å². The minimum Gasteiger partial charge on any atom is -1.00 e. The molecule has 3 rings (SSSR count). The number of H-pyrrole nitrogens is 1. The molecule has 3 aromatic rings. The average molecular weight is 388 g/mol. The van der Waals surface area contributed by atoms with Gasteiger partial charge >= 0.3 is 37.7 Å². The molecule has 0 unspecified atom stereocenters. The third-order valence-electron chi connectivity index (χ3n) is 3.90. The molecule has 1 aromatic carbocycles. The molecule has 0 radical (unpaired) electrons. The van der Waals surface area contributed by atoms with Crippen molar-refractivity contribution in [1.29, 1.82) is 0 Å². The smallest absolute Gasteiger partial charge is 1.00 e. The molecule has 0 fully saturated rings. The molecule has 0 amide bonds. The van der Waals surface area contributed by atoms with Crippen LogP contribution < -0.4 is 9.47 Å². The van der Waals surface area contributed by atoms with Crippen molar-refractivity contribution in [3.05, 3.63) is 41.2 Å². The molecule has 6 nitrogen and oxygen atoms in total. The first-order chi connectivity index (χ1) is 11.5. The average Bonchev–Trinajstić information content (AvgIpc) is 3.01. The van der Waals surface area contributed by atoms with E-state index < -0.39 is 10.8 Å². The number of rotatable bonds is 5. The van der Waals surface area contributed by atoms with Crippen LogP contribution in [-0.4, -0.2) is 71.1 Å². The molecular formula is C17H21CaN3O3S. The number of ether oxygens (including phenoxy) is 2. The maximum Gasteiger partial charge on any atom is 2.00 e. The molecule has 130 valence electrons. The predicted molar refractivity (Wildman–Crippen MR) is 101 cm³/mol. The van der Waals surface area contributed by atoms with Crippen LogP contribution >= 0.6 is 0 Å². The van der Waals surface area contributed by atoms with E-state index in [1.807, 2.05) is 32.0 Å². The van der Waals surface area contributed by atoms with Crippen molar-refractivity contribution in [3.63, 3.8) is 0 Å². The number of methoxy groups -OCH3 is 2. The summed E-state index contributed by atoms with van der Waals surface area (Å²) in [6.07, 6.45) is 1.74. The molecule has 0 bridgehead atoms. The van der Waals surface area contributed by atoms with Crippen molar-refractivity contribution in [2.45, 2.75) is 24.8 Å². The van der Waals surface area contributed by atoms with E-state index in [-0.39, 0.29) is 46.3 Å². The first-order valence-corrected chi connectivity index (χ1v) is 8.76. The number of aromatic amines is 1. The van der Waals surface area contributed by atoms with E-state index in [0.717, 1.165) is 39.4 Å². The number of hydrogen-bond acceptors (Lipinski definition) is 5. The predicted octanol–water partition coefficient (Wildman–Crippen LogP) is 2.74. The number of nitrogens with zero attached hydrogens (tertiary/aromatic N) is 2. The molecular weight excluding hydrogens is 366 g/mol. The Morgan fingerprint density at radius 3 is 2.68 bits per heavy atom. The summed E-state index contributed by atoms with van der Waals surface area (Å²) < 4.78 is 23.3. The molecule has 1 N–H and O–H groups in total. The monoisotopic (exact) mass is 387 g/mol. The second-order valence-corrected chi connectivity index (χ2v) is 6.83. The summed E-state index contributed by atoms with van der Waals surface area (Å²) in [6, 6.07) is 5.50. The number of hydrogen-bond donors (Lipinski definition) is 1. The van der Waals surface area contributed by atoms with Gasteiger partial charge in [-0.3, -0.25) is 9.19 Å². The molecule has 0 aliphatic rings. The second kappa shape index (κ2) is 8.49. The zero-order valence-electron chi connectivity index (χ0n) is 16.8. The maximum absolute atomic E-state index is 12.7. The Balaban J connectivity index is 0.00000225. The molecule has 0 spiro atoms. The van der Waals surface area contributed by atoms with Crippen molar-refractivity contribution in [3.8, 4) is 11.5 Å². The van der Waals surface area contributed by atoms with Gasteiger partial charge in [0.05, 0.1) is 47.5 Å². The number of aromatic nitrogens is 3. The third kappa shape index (κ3) is 4.16. The molecule has 2 heterocycles. The van der Waals surface area contributed by atoms with E-state index in [9.17, 15) is 4.21 Å². The maximum atomic E-state index is 12.7. The fourth-order valence-electron chi connectivity index (χ4n) is 2.61. The molecule has 8 heteroatoms. The van der Waals surface area contributed by atoms with Gasteiger partial charge in [-0.1, -0.05) is 0 Å². The minimum atomic E-state index is -1.33. The van der Waals surface area contributed by atoms with Crippen molar-refractivity contribution in [2.24, 2.45) is 0 Å². The third-order valence-corrected chi connectivity index (χ3v) is 5.06. The quantitative estimate of drug-likeness (QED) is 0.681. The Hall–Kier alpha value is -1.15. The first-order valence-electron chi connectivity index (χ1n) is 7.44. The summed E-state index contributed by atoms with van der Waals surface area (Å²) in [7, 11) is 1.91. The summed E-state index contributed by atoms with van der Waals surface area (Å²) >= 11 is 0. The van der Waals surface area contributed by atoms with Crippen LogP contribution in [0.25, 0.3) is 11.0 Å². The van der Waals surface area contributed by atoms with Gasteiger partial charge in [0.15, 0.2) is 5.16 Å². The second-order valence-electron chi connectivity index (χ2n) is 5.46. The van der Waals surface area contributed by atoms with Crippen LogP contribution in [0.3, 0.4) is 0 Å². The number of aryl methyl sites for hydroxylation is 1. The van der Waals surface area contributed by atoms with Gasteiger partial charge in [0.2, 0.25) is 0 Å². The Morgan fingerprint density at radius 2 is 2.00 bits per heavy atom. The molecule has 25 heavy (non-hydrogen) atoms. The normalized spacial score (nSPS) is 11.8. The molecule has 1 atom stereocenters. The summed E-state index contributed by atoms with van der Waals surface area (Å²) in [6.45, 7) is 3.86. The van der Waals surface area contributed by atoms with Crippen LogP contribution in [0.4, 0.5) is 0 Å². The van der Waals surface area contributed by atoms with Crippen LogP contribution in [0.5, 0.6) is 11.5 Å². The Bertz CT molecular complexity index is 937. The number of imidazole rings is 1. The van der Waals surface area contributed by atoms with Crippen LogP contribution in [0.15, 0.2) is 29.6 Å². The Kier molecular flexibility index (Phi) is 6.85. The van der Waals surface area contributed by atoms with Crippen molar-refractivity contribution in [2.75, 3.05) is 14.2 Å². The van der Waals surface area contributed by atoms with Gasteiger partial charge in [-0.15, -0.1) is 0 Å². The molecule has 2 aromatic heterocycles.